The van der Waals surface area contributed by atoms with E-state index in [1.165, 1.54) is 0 Å². The van der Waals surface area contributed by atoms with Gasteiger partial charge in [-0.3, -0.25) is 9.89 Å². The van der Waals surface area contributed by atoms with Crippen molar-refractivity contribution in [2.45, 2.75) is 13.0 Å². The Morgan fingerprint density at radius 3 is 2.71 bits per heavy atom. The lowest BCUT2D eigenvalue weighted by molar-refractivity contribution is 0.0940. The fraction of sp³-hybridized carbons (Fsp3) is 0.167. The molecular weight excluding hydrogens is 216 g/mol. The first-order valence-electron chi connectivity index (χ1n) is 5.32. The van der Waals surface area contributed by atoms with Crippen molar-refractivity contribution in [3.05, 3.63) is 47.8 Å². The second-order valence-corrected chi connectivity index (χ2v) is 3.85. The van der Waals surface area contributed by atoms with Gasteiger partial charge in [0.15, 0.2) is 0 Å². The van der Waals surface area contributed by atoms with Crippen LogP contribution in [0.2, 0.25) is 0 Å². The molecule has 1 aromatic carbocycles. The first-order valence-corrected chi connectivity index (χ1v) is 5.32. The molecule has 2 aromatic rings. The molecule has 0 aliphatic carbocycles. The molecule has 1 unspecified atom stereocenters. The molecule has 1 amide bonds. The molecule has 88 valence electrons. The van der Waals surface area contributed by atoms with Gasteiger partial charge in [0.05, 0.1) is 12.2 Å². The van der Waals surface area contributed by atoms with Crippen LogP contribution in [-0.4, -0.2) is 16.1 Å². The number of benzene rings is 1. The molecule has 1 heterocycles. The summed E-state index contributed by atoms with van der Waals surface area (Å²) in [6, 6.07) is 6.73. The number of nitrogens with zero attached hydrogens (tertiary/aromatic N) is 1. The van der Waals surface area contributed by atoms with Gasteiger partial charge in [-0.15, -0.1) is 0 Å². The molecule has 0 aliphatic rings. The van der Waals surface area contributed by atoms with Crippen LogP contribution >= 0.6 is 0 Å². The van der Waals surface area contributed by atoms with Crippen molar-refractivity contribution < 1.29 is 4.79 Å². The van der Waals surface area contributed by atoms with Gasteiger partial charge in [0.1, 0.15) is 0 Å². The maximum atomic E-state index is 11.9. The molecule has 0 spiro atoms. The summed E-state index contributed by atoms with van der Waals surface area (Å²) in [6.07, 6.45) is 3.45. The van der Waals surface area contributed by atoms with E-state index in [9.17, 15) is 4.79 Å². The van der Waals surface area contributed by atoms with E-state index in [0.717, 1.165) is 5.56 Å². The number of nitrogens with two attached hydrogens (primary N) is 1. The maximum absolute atomic E-state index is 11.9. The Hall–Kier alpha value is -2.30. The summed E-state index contributed by atoms with van der Waals surface area (Å²) < 4.78 is 0. The molecule has 0 saturated heterocycles. The highest BCUT2D eigenvalue weighted by Gasteiger charge is 2.11. The summed E-state index contributed by atoms with van der Waals surface area (Å²) in [5.41, 5.74) is 7.74. The minimum atomic E-state index is -0.126. The average molecular weight is 230 g/mol. The summed E-state index contributed by atoms with van der Waals surface area (Å²) in [6.45, 7) is 1.90. The van der Waals surface area contributed by atoms with Crippen LogP contribution in [0.5, 0.6) is 0 Å². The fourth-order valence-corrected chi connectivity index (χ4v) is 1.50. The first-order chi connectivity index (χ1) is 8.16. The van der Waals surface area contributed by atoms with Gasteiger partial charge in [-0.05, 0) is 31.2 Å². The highest BCUT2D eigenvalue weighted by atomic mass is 16.1. The van der Waals surface area contributed by atoms with Crippen LogP contribution in [0.3, 0.4) is 0 Å². The van der Waals surface area contributed by atoms with Crippen LogP contribution in [0.1, 0.15) is 28.9 Å². The maximum Gasteiger partial charge on any atom is 0.251 e. The zero-order valence-electron chi connectivity index (χ0n) is 9.47. The van der Waals surface area contributed by atoms with Crippen molar-refractivity contribution >= 4 is 11.6 Å². The molecule has 4 N–H and O–H groups in total. The highest BCUT2D eigenvalue weighted by molar-refractivity contribution is 5.94. The van der Waals surface area contributed by atoms with Gasteiger partial charge in [0.25, 0.3) is 5.91 Å². The number of hydrogen-bond acceptors (Lipinski definition) is 3. The summed E-state index contributed by atoms with van der Waals surface area (Å²) in [5.74, 6) is -0.126. The number of anilines is 1. The van der Waals surface area contributed by atoms with E-state index in [1.54, 1.807) is 36.7 Å². The molecular formula is C12H14N4O. The predicted octanol–water partition coefficient (Wildman–Crippen LogP) is 1.48. The van der Waals surface area contributed by atoms with Crippen LogP contribution in [0, 0.1) is 0 Å². The Labute approximate surface area is 99.0 Å². The number of hydrogen-bond donors (Lipinski definition) is 3. The molecule has 2 rings (SSSR count). The third-order valence-electron chi connectivity index (χ3n) is 2.54. The molecule has 5 heteroatoms. The van der Waals surface area contributed by atoms with Crippen LogP contribution in [-0.2, 0) is 0 Å². The zero-order valence-corrected chi connectivity index (χ0v) is 9.47. The lowest BCUT2D eigenvalue weighted by Gasteiger charge is -2.11. The van der Waals surface area contributed by atoms with Crippen molar-refractivity contribution in [1.82, 2.24) is 15.5 Å². The van der Waals surface area contributed by atoms with Crippen molar-refractivity contribution in [3.8, 4) is 0 Å². The largest absolute Gasteiger partial charge is 0.399 e. The van der Waals surface area contributed by atoms with E-state index in [1.807, 2.05) is 6.92 Å². The SMILES string of the molecule is CC(NC(=O)c1ccc(N)cc1)c1cn[nH]c1. The van der Waals surface area contributed by atoms with E-state index in [-0.39, 0.29) is 11.9 Å². The normalized spacial score (nSPS) is 12.1. The third kappa shape index (κ3) is 2.63. The molecule has 0 saturated carbocycles. The molecule has 1 aromatic heterocycles. The summed E-state index contributed by atoms with van der Waals surface area (Å²) in [7, 11) is 0. The first kappa shape index (κ1) is 11.2. The third-order valence-corrected chi connectivity index (χ3v) is 2.54. The average Bonchev–Trinajstić information content (AvgIpc) is 2.83. The Balaban J connectivity index is 2.04. The molecule has 0 aliphatic heterocycles. The van der Waals surface area contributed by atoms with Crippen LogP contribution < -0.4 is 11.1 Å². The van der Waals surface area contributed by atoms with E-state index in [2.05, 4.69) is 15.5 Å². The summed E-state index contributed by atoms with van der Waals surface area (Å²) >= 11 is 0. The molecule has 0 bridgehead atoms. The van der Waals surface area contributed by atoms with Crippen molar-refractivity contribution in [1.29, 1.82) is 0 Å². The zero-order chi connectivity index (χ0) is 12.3. The highest BCUT2D eigenvalue weighted by Crippen LogP contribution is 2.11. The van der Waals surface area contributed by atoms with Gasteiger partial charge in [0.2, 0.25) is 0 Å². The number of nitrogen functional groups attached to an aromatic ring is 1. The molecule has 5 nitrogen and oxygen atoms in total. The van der Waals surface area contributed by atoms with E-state index >= 15 is 0 Å². The minimum absolute atomic E-state index is 0.0844. The molecule has 17 heavy (non-hydrogen) atoms. The monoisotopic (exact) mass is 230 g/mol. The number of nitrogens with one attached hydrogen (secondary N) is 2. The van der Waals surface area contributed by atoms with Gasteiger partial charge < -0.3 is 11.1 Å². The minimum Gasteiger partial charge on any atom is -0.399 e. The van der Waals surface area contributed by atoms with Crippen LogP contribution in [0.15, 0.2) is 36.7 Å². The quantitative estimate of drug-likeness (QED) is 0.698. The molecule has 0 radical (unpaired) electrons. The second kappa shape index (κ2) is 4.69. The van der Waals surface area contributed by atoms with Crippen molar-refractivity contribution in [3.63, 3.8) is 0 Å². The molecule has 1 atom stereocenters. The Kier molecular flexibility index (Phi) is 3.09. The summed E-state index contributed by atoms with van der Waals surface area (Å²) in [5, 5.41) is 9.43. The lowest BCUT2D eigenvalue weighted by Crippen LogP contribution is -2.26. The van der Waals surface area contributed by atoms with Gasteiger partial charge in [-0.2, -0.15) is 5.10 Å². The Bertz CT molecular complexity index is 490. The summed E-state index contributed by atoms with van der Waals surface area (Å²) in [4.78, 5) is 11.9. The smallest absolute Gasteiger partial charge is 0.251 e. The number of carbonyl (C=O) groups is 1. The topological polar surface area (TPSA) is 83.8 Å². The standard InChI is InChI=1S/C12H14N4O/c1-8(10-6-14-15-7-10)16-12(17)9-2-4-11(13)5-3-9/h2-8H,13H2,1H3,(H,14,15)(H,16,17). The van der Waals surface area contributed by atoms with Gasteiger partial charge in [-0.25, -0.2) is 0 Å². The van der Waals surface area contributed by atoms with Crippen LogP contribution in [0.25, 0.3) is 0 Å². The lowest BCUT2D eigenvalue weighted by atomic mass is 10.1. The number of amides is 1. The number of carbonyl (C=O) groups excluding carboxylic acids is 1. The second-order valence-electron chi connectivity index (χ2n) is 3.85. The van der Waals surface area contributed by atoms with Gasteiger partial charge in [0, 0.05) is 23.0 Å². The number of aromatic nitrogens is 2. The Morgan fingerprint density at radius 1 is 1.41 bits per heavy atom. The van der Waals surface area contributed by atoms with Gasteiger partial charge in [-0.1, -0.05) is 0 Å². The Morgan fingerprint density at radius 2 is 2.12 bits per heavy atom. The van der Waals surface area contributed by atoms with Crippen molar-refractivity contribution in [2.75, 3.05) is 5.73 Å². The van der Waals surface area contributed by atoms with E-state index in [4.69, 9.17) is 5.73 Å². The van der Waals surface area contributed by atoms with Crippen molar-refractivity contribution in [2.24, 2.45) is 0 Å². The predicted molar refractivity (Wildman–Crippen MR) is 65.3 cm³/mol. The molecule has 0 fully saturated rings. The number of rotatable bonds is 3. The number of aromatic amines is 1. The van der Waals surface area contributed by atoms with E-state index < -0.39 is 0 Å². The van der Waals surface area contributed by atoms with Gasteiger partial charge >= 0.3 is 0 Å². The van der Waals surface area contributed by atoms with E-state index in [0.29, 0.717) is 11.3 Å². The fourth-order valence-electron chi connectivity index (χ4n) is 1.50. The van der Waals surface area contributed by atoms with Crippen LogP contribution in [0.4, 0.5) is 5.69 Å². The number of H-pyrrole nitrogens is 1.